The Hall–Kier alpha value is -2.35. The summed E-state index contributed by atoms with van der Waals surface area (Å²) in [5.74, 6) is 4.70. The van der Waals surface area contributed by atoms with Crippen LogP contribution in [-0.4, -0.2) is 58.9 Å². The number of nitrogens with zero attached hydrogens (tertiary/aromatic N) is 6. The van der Waals surface area contributed by atoms with Gasteiger partial charge < -0.3 is 24.8 Å². The number of ether oxygens (including phenoxy) is 1. The first-order chi connectivity index (χ1) is 13.8. The van der Waals surface area contributed by atoms with Gasteiger partial charge in [0.15, 0.2) is 0 Å². The Kier molecular flexibility index (Phi) is 4.80. The van der Waals surface area contributed by atoms with E-state index in [1.807, 2.05) is 6.20 Å². The van der Waals surface area contributed by atoms with E-state index >= 15 is 0 Å². The van der Waals surface area contributed by atoms with Crippen molar-refractivity contribution in [3.63, 3.8) is 0 Å². The molecule has 4 heterocycles. The van der Waals surface area contributed by atoms with Crippen molar-refractivity contribution in [1.82, 2.24) is 19.5 Å². The molecule has 150 valence electrons. The normalized spacial score (nSPS) is 23.2. The molecule has 0 aromatic carbocycles. The van der Waals surface area contributed by atoms with Gasteiger partial charge in [-0.15, -0.1) is 0 Å². The van der Waals surface area contributed by atoms with E-state index in [1.54, 1.807) is 0 Å². The molecule has 0 unspecified atom stereocenters. The van der Waals surface area contributed by atoms with Crippen LogP contribution in [0.5, 0.6) is 0 Å². The molecular weight excluding hydrogens is 354 g/mol. The maximum atomic E-state index is 6.06. The molecule has 0 bridgehead atoms. The zero-order valence-electron chi connectivity index (χ0n) is 16.3. The number of anilines is 3. The fourth-order valence-corrected chi connectivity index (χ4v) is 4.37. The van der Waals surface area contributed by atoms with Crippen LogP contribution in [0.25, 0.3) is 0 Å². The van der Waals surface area contributed by atoms with Gasteiger partial charge in [-0.2, -0.15) is 9.97 Å². The first kappa shape index (κ1) is 17.7. The van der Waals surface area contributed by atoms with Crippen LogP contribution in [0.2, 0.25) is 0 Å². The second-order valence-electron chi connectivity index (χ2n) is 8.21. The highest BCUT2D eigenvalue weighted by Crippen LogP contribution is 2.34. The third kappa shape index (κ3) is 3.78. The van der Waals surface area contributed by atoms with Crippen LogP contribution in [0.15, 0.2) is 18.5 Å². The number of hydrogen-bond donors (Lipinski definition) is 1. The Bertz CT molecular complexity index is 813. The van der Waals surface area contributed by atoms with Gasteiger partial charge in [0.2, 0.25) is 5.95 Å². The van der Waals surface area contributed by atoms with Gasteiger partial charge in [-0.25, -0.2) is 4.98 Å². The molecule has 3 aliphatic rings. The average molecular weight is 384 g/mol. The van der Waals surface area contributed by atoms with Crippen LogP contribution >= 0.6 is 0 Å². The first-order valence-corrected chi connectivity index (χ1v) is 10.5. The van der Waals surface area contributed by atoms with Crippen molar-refractivity contribution in [2.45, 2.75) is 38.1 Å². The third-order valence-corrected chi connectivity index (χ3v) is 6.06. The molecule has 1 aliphatic carbocycles. The van der Waals surface area contributed by atoms with E-state index in [9.17, 15) is 0 Å². The highest BCUT2D eigenvalue weighted by molar-refractivity contribution is 5.54. The molecule has 2 N–H and O–H groups in total. The number of aromatic nitrogens is 4. The topological polar surface area (TPSA) is 85.3 Å². The lowest BCUT2D eigenvalue weighted by molar-refractivity contribution is 0.122. The second kappa shape index (κ2) is 7.58. The highest BCUT2D eigenvalue weighted by Gasteiger charge is 2.29. The van der Waals surface area contributed by atoms with E-state index in [0.29, 0.717) is 11.9 Å². The summed E-state index contributed by atoms with van der Waals surface area (Å²) in [6.45, 7) is 6.20. The van der Waals surface area contributed by atoms with Crippen molar-refractivity contribution in [1.29, 1.82) is 0 Å². The van der Waals surface area contributed by atoms with Crippen LogP contribution < -0.4 is 15.5 Å². The molecule has 2 aromatic rings. The smallest absolute Gasteiger partial charge is 0.223 e. The Morgan fingerprint density at radius 2 is 1.82 bits per heavy atom. The highest BCUT2D eigenvalue weighted by atomic mass is 16.5. The second-order valence-corrected chi connectivity index (χ2v) is 8.21. The van der Waals surface area contributed by atoms with E-state index in [0.717, 1.165) is 69.9 Å². The Morgan fingerprint density at radius 1 is 1.04 bits per heavy atom. The molecule has 0 amide bonds. The summed E-state index contributed by atoms with van der Waals surface area (Å²) in [5, 5.41) is 0. The number of nitrogens with two attached hydrogens (primary N) is 1. The fraction of sp³-hybridized carbons (Fsp3) is 0.650. The van der Waals surface area contributed by atoms with Gasteiger partial charge >= 0.3 is 0 Å². The van der Waals surface area contributed by atoms with Crippen LogP contribution in [0.3, 0.4) is 0 Å². The van der Waals surface area contributed by atoms with Crippen molar-refractivity contribution in [3.05, 3.63) is 24.3 Å². The summed E-state index contributed by atoms with van der Waals surface area (Å²) in [6, 6.07) is 2.08. The number of hydrogen-bond acceptors (Lipinski definition) is 7. The van der Waals surface area contributed by atoms with E-state index in [-0.39, 0.29) is 0 Å². The van der Waals surface area contributed by atoms with Crippen LogP contribution in [0.1, 0.15) is 37.4 Å². The van der Waals surface area contributed by atoms with E-state index < -0.39 is 0 Å². The lowest BCUT2D eigenvalue weighted by Gasteiger charge is -2.34. The maximum Gasteiger partial charge on any atom is 0.223 e. The van der Waals surface area contributed by atoms with E-state index in [4.69, 9.17) is 15.5 Å². The average Bonchev–Trinajstić information content (AvgIpc) is 3.43. The van der Waals surface area contributed by atoms with Crippen molar-refractivity contribution in [2.24, 2.45) is 5.92 Å². The molecular formula is C20H29N7O. The van der Waals surface area contributed by atoms with Gasteiger partial charge in [0, 0.05) is 57.1 Å². The van der Waals surface area contributed by atoms with Crippen molar-refractivity contribution in [3.8, 4) is 0 Å². The molecule has 2 aromatic heterocycles. The van der Waals surface area contributed by atoms with E-state index in [2.05, 4.69) is 36.6 Å². The zero-order valence-corrected chi connectivity index (χ0v) is 16.3. The first-order valence-electron chi connectivity index (χ1n) is 10.5. The molecule has 2 aliphatic heterocycles. The van der Waals surface area contributed by atoms with Crippen LogP contribution in [0.4, 0.5) is 17.6 Å². The SMILES string of the molecule is Nc1nc(N2CCOCC2)cc(N2CCC[C@@H](c3nccn3CC3CC3)C2)n1. The van der Waals surface area contributed by atoms with Crippen molar-refractivity contribution in [2.75, 3.05) is 54.9 Å². The number of imidazole rings is 1. The summed E-state index contributed by atoms with van der Waals surface area (Å²) < 4.78 is 7.83. The Morgan fingerprint density at radius 3 is 2.61 bits per heavy atom. The lowest BCUT2D eigenvalue weighted by atomic mass is 9.97. The minimum atomic E-state index is 0.344. The van der Waals surface area contributed by atoms with E-state index in [1.165, 1.54) is 25.1 Å². The van der Waals surface area contributed by atoms with Gasteiger partial charge in [0.25, 0.3) is 0 Å². The predicted octanol–water partition coefficient (Wildman–Crippen LogP) is 1.89. The zero-order chi connectivity index (χ0) is 18.9. The molecule has 2 saturated heterocycles. The van der Waals surface area contributed by atoms with Crippen molar-refractivity contribution >= 4 is 17.6 Å². The quantitative estimate of drug-likeness (QED) is 0.844. The van der Waals surface area contributed by atoms with Gasteiger partial charge in [-0.05, 0) is 31.6 Å². The Balaban J connectivity index is 1.35. The molecule has 1 atom stereocenters. The fourth-order valence-electron chi connectivity index (χ4n) is 4.37. The predicted molar refractivity (Wildman–Crippen MR) is 109 cm³/mol. The monoisotopic (exact) mass is 383 g/mol. The minimum Gasteiger partial charge on any atom is -0.378 e. The van der Waals surface area contributed by atoms with Crippen LogP contribution in [0, 0.1) is 5.92 Å². The van der Waals surface area contributed by atoms with Gasteiger partial charge in [-0.1, -0.05) is 0 Å². The summed E-state index contributed by atoms with van der Waals surface area (Å²) in [5.41, 5.74) is 6.06. The number of nitrogen functional groups attached to an aromatic ring is 1. The van der Waals surface area contributed by atoms with Gasteiger partial charge in [-0.3, -0.25) is 0 Å². The molecule has 0 radical (unpaired) electrons. The molecule has 0 spiro atoms. The van der Waals surface area contributed by atoms with Gasteiger partial charge in [0.05, 0.1) is 13.2 Å². The molecule has 5 rings (SSSR count). The number of morpholine rings is 1. The molecule has 3 fully saturated rings. The maximum absolute atomic E-state index is 6.06. The van der Waals surface area contributed by atoms with Crippen LogP contribution in [-0.2, 0) is 11.3 Å². The summed E-state index contributed by atoms with van der Waals surface area (Å²) in [6.07, 6.45) is 9.13. The summed E-state index contributed by atoms with van der Waals surface area (Å²) in [4.78, 5) is 18.3. The van der Waals surface area contributed by atoms with Gasteiger partial charge in [0.1, 0.15) is 17.5 Å². The van der Waals surface area contributed by atoms with Crippen molar-refractivity contribution < 1.29 is 4.74 Å². The Labute approximate surface area is 165 Å². The summed E-state index contributed by atoms with van der Waals surface area (Å²) in [7, 11) is 0. The third-order valence-electron chi connectivity index (χ3n) is 6.06. The molecule has 8 heteroatoms. The standard InChI is InChI=1S/C20H29N7O/c21-20-23-17(25-8-10-28-11-9-25)12-18(24-20)26-6-1-2-16(14-26)19-22-5-7-27(19)13-15-3-4-15/h5,7,12,15-16H,1-4,6,8-11,13-14H2,(H2,21,23,24)/t16-/m1/s1. The lowest BCUT2D eigenvalue weighted by Crippen LogP contribution is -2.38. The molecule has 8 nitrogen and oxygen atoms in total. The summed E-state index contributed by atoms with van der Waals surface area (Å²) >= 11 is 0. The largest absolute Gasteiger partial charge is 0.378 e. The minimum absolute atomic E-state index is 0.344. The number of rotatable bonds is 5. The molecule has 1 saturated carbocycles. The molecule has 28 heavy (non-hydrogen) atoms. The number of piperidine rings is 1.